The molecule has 2 rings (SSSR count). The van der Waals surface area contributed by atoms with Gasteiger partial charge in [-0.25, -0.2) is 8.42 Å². The molecule has 0 aliphatic rings. The second-order valence-electron chi connectivity index (χ2n) is 5.26. The van der Waals surface area contributed by atoms with Gasteiger partial charge in [-0.3, -0.25) is 4.79 Å². The molecular formula is C17H18INO3S. The van der Waals surface area contributed by atoms with Crippen molar-refractivity contribution in [2.45, 2.75) is 24.3 Å². The van der Waals surface area contributed by atoms with Crippen LogP contribution in [0.2, 0.25) is 0 Å². The number of sulfone groups is 1. The molecule has 0 fully saturated rings. The molecule has 1 unspecified atom stereocenters. The van der Waals surface area contributed by atoms with Crippen molar-refractivity contribution in [3.63, 3.8) is 0 Å². The van der Waals surface area contributed by atoms with Crippen LogP contribution in [0.3, 0.4) is 0 Å². The molecule has 0 saturated heterocycles. The molecule has 4 nitrogen and oxygen atoms in total. The fourth-order valence-corrected chi connectivity index (χ4v) is 3.51. The number of carbonyl (C=O) groups excluding carboxylic acids is 1. The Labute approximate surface area is 150 Å². The highest BCUT2D eigenvalue weighted by atomic mass is 127. The summed E-state index contributed by atoms with van der Waals surface area (Å²) in [7, 11) is -3.21. The topological polar surface area (TPSA) is 63.2 Å². The molecular weight excluding hydrogens is 425 g/mol. The summed E-state index contributed by atoms with van der Waals surface area (Å²) < 4.78 is 23.9. The van der Waals surface area contributed by atoms with Gasteiger partial charge >= 0.3 is 0 Å². The Kier molecular flexibility index (Phi) is 5.80. The van der Waals surface area contributed by atoms with E-state index in [9.17, 15) is 13.2 Å². The minimum absolute atomic E-state index is 0.131. The van der Waals surface area contributed by atoms with E-state index in [4.69, 9.17) is 0 Å². The number of amides is 1. The summed E-state index contributed by atoms with van der Waals surface area (Å²) >= 11 is 2.13. The molecule has 0 saturated carbocycles. The molecule has 0 aromatic heterocycles. The van der Waals surface area contributed by atoms with Gasteiger partial charge in [0.05, 0.1) is 16.5 Å². The smallest absolute Gasteiger partial charge is 0.252 e. The summed E-state index contributed by atoms with van der Waals surface area (Å²) in [6, 6.07) is 13.9. The van der Waals surface area contributed by atoms with Gasteiger partial charge in [-0.15, -0.1) is 0 Å². The van der Waals surface area contributed by atoms with E-state index in [1.165, 1.54) is 6.26 Å². The van der Waals surface area contributed by atoms with Crippen molar-refractivity contribution in [2.75, 3.05) is 6.26 Å². The molecule has 6 heteroatoms. The van der Waals surface area contributed by atoms with Crippen LogP contribution in [-0.4, -0.2) is 20.6 Å². The third-order valence-electron chi connectivity index (χ3n) is 3.54. The van der Waals surface area contributed by atoms with Crippen LogP contribution < -0.4 is 5.32 Å². The summed E-state index contributed by atoms with van der Waals surface area (Å²) in [5.41, 5.74) is 1.53. The van der Waals surface area contributed by atoms with Gasteiger partial charge in [-0.1, -0.05) is 31.2 Å². The molecule has 0 aliphatic heterocycles. The predicted octanol–water partition coefficient (Wildman–Crippen LogP) is 3.58. The van der Waals surface area contributed by atoms with Crippen LogP contribution in [0.15, 0.2) is 53.4 Å². The summed E-state index contributed by atoms with van der Waals surface area (Å²) in [6.45, 7) is 1.98. The fourth-order valence-electron chi connectivity index (χ4n) is 2.25. The summed E-state index contributed by atoms with van der Waals surface area (Å²) in [4.78, 5) is 12.7. The van der Waals surface area contributed by atoms with Crippen molar-refractivity contribution < 1.29 is 13.2 Å². The quantitative estimate of drug-likeness (QED) is 0.719. The van der Waals surface area contributed by atoms with E-state index >= 15 is 0 Å². The van der Waals surface area contributed by atoms with Gasteiger partial charge in [0.1, 0.15) is 0 Å². The van der Waals surface area contributed by atoms with E-state index < -0.39 is 9.84 Å². The van der Waals surface area contributed by atoms with Gasteiger partial charge in [0, 0.05) is 9.83 Å². The largest absolute Gasteiger partial charge is 0.345 e. The standard InChI is InChI=1S/C17H18INO3S/c1-3-16(12-8-10-13(11-9-12)23(2,21)22)19-17(20)14-6-4-5-7-15(14)18/h4-11,16H,3H2,1-2H3,(H,19,20). The Hall–Kier alpha value is -1.41. The maximum absolute atomic E-state index is 12.4. The van der Waals surface area contributed by atoms with Gasteiger partial charge in [-0.2, -0.15) is 0 Å². The lowest BCUT2D eigenvalue weighted by molar-refractivity contribution is 0.0934. The molecule has 2 aromatic carbocycles. The molecule has 0 aliphatic carbocycles. The number of hydrogen-bond acceptors (Lipinski definition) is 3. The maximum atomic E-state index is 12.4. The van der Waals surface area contributed by atoms with Crippen LogP contribution in [0.5, 0.6) is 0 Å². The number of hydrogen-bond donors (Lipinski definition) is 1. The lowest BCUT2D eigenvalue weighted by atomic mass is 10.0. The highest BCUT2D eigenvalue weighted by molar-refractivity contribution is 14.1. The first-order valence-corrected chi connectivity index (χ1v) is 10.2. The van der Waals surface area contributed by atoms with Crippen LogP contribution in [0.25, 0.3) is 0 Å². The molecule has 1 amide bonds. The number of halogens is 1. The second kappa shape index (κ2) is 7.44. The van der Waals surface area contributed by atoms with Crippen LogP contribution in [-0.2, 0) is 9.84 Å². The highest BCUT2D eigenvalue weighted by Crippen LogP contribution is 2.20. The first kappa shape index (κ1) is 17.9. The minimum Gasteiger partial charge on any atom is -0.345 e. The third kappa shape index (κ3) is 4.54. The van der Waals surface area contributed by atoms with E-state index in [1.54, 1.807) is 30.3 Å². The van der Waals surface area contributed by atoms with E-state index in [-0.39, 0.29) is 16.8 Å². The molecule has 0 spiro atoms. The Balaban J connectivity index is 2.20. The van der Waals surface area contributed by atoms with Gasteiger partial charge < -0.3 is 5.32 Å². The molecule has 1 atom stereocenters. The number of carbonyl (C=O) groups is 1. The zero-order chi connectivity index (χ0) is 17.0. The first-order chi connectivity index (χ1) is 10.8. The Morgan fingerprint density at radius 2 is 1.74 bits per heavy atom. The predicted molar refractivity (Wildman–Crippen MR) is 99.2 cm³/mol. The van der Waals surface area contributed by atoms with Crippen molar-refractivity contribution in [3.05, 3.63) is 63.2 Å². The van der Waals surface area contributed by atoms with Gasteiger partial charge in [0.15, 0.2) is 9.84 Å². The van der Waals surface area contributed by atoms with E-state index in [1.807, 2.05) is 25.1 Å². The molecule has 0 radical (unpaired) electrons. The van der Waals surface area contributed by atoms with Crippen molar-refractivity contribution in [2.24, 2.45) is 0 Å². The van der Waals surface area contributed by atoms with E-state index in [0.29, 0.717) is 12.0 Å². The van der Waals surface area contributed by atoms with Crippen molar-refractivity contribution in [1.29, 1.82) is 0 Å². The van der Waals surface area contributed by atoms with Gasteiger partial charge in [-0.05, 0) is 58.8 Å². The van der Waals surface area contributed by atoms with Crippen LogP contribution in [0.4, 0.5) is 0 Å². The molecule has 0 heterocycles. The molecule has 2 aromatic rings. The lowest BCUT2D eigenvalue weighted by Gasteiger charge is -2.18. The van der Waals surface area contributed by atoms with Crippen LogP contribution in [0.1, 0.15) is 35.3 Å². The van der Waals surface area contributed by atoms with Crippen molar-refractivity contribution in [3.8, 4) is 0 Å². The summed E-state index contributed by atoms with van der Waals surface area (Å²) in [5, 5.41) is 3.01. The fraction of sp³-hybridized carbons (Fsp3) is 0.235. The molecule has 122 valence electrons. The average Bonchev–Trinajstić information content (AvgIpc) is 2.52. The first-order valence-electron chi connectivity index (χ1n) is 7.18. The van der Waals surface area contributed by atoms with E-state index in [0.717, 1.165) is 9.13 Å². The highest BCUT2D eigenvalue weighted by Gasteiger charge is 2.16. The zero-order valence-electron chi connectivity index (χ0n) is 12.9. The van der Waals surface area contributed by atoms with Gasteiger partial charge in [0.2, 0.25) is 0 Å². The van der Waals surface area contributed by atoms with E-state index in [2.05, 4.69) is 27.9 Å². The SMILES string of the molecule is CCC(NC(=O)c1ccccc1I)c1ccc(S(C)(=O)=O)cc1. The minimum atomic E-state index is -3.21. The number of nitrogens with one attached hydrogen (secondary N) is 1. The molecule has 1 N–H and O–H groups in total. The maximum Gasteiger partial charge on any atom is 0.252 e. The second-order valence-corrected chi connectivity index (χ2v) is 8.43. The van der Waals surface area contributed by atoms with Crippen LogP contribution >= 0.6 is 22.6 Å². The average molecular weight is 443 g/mol. The normalized spacial score (nSPS) is 12.7. The molecule has 23 heavy (non-hydrogen) atoms. The monoisotopic (exact) mass is 443 g/mol. The third-order valence-corrected chi connectivity index (χ3v) is 5.61. The number of benzene rings is 2. The Bertz CT molecular complexity index is 801. The summed E-state index contributed by atoms with van der Waals surface area (Å²) in [5.74, 6) is -0.131. The van der Waals surface area contributed by atoms with Crippen molar-refractivity contribution >= 4 is 38.3 Å². The lowest BCUT2D eigenvalue weighted by Crippen LogP contribution is -2.28. The zero-order valence-corrected chi connectivity index (χ0v) is 15.9. The van der Waals surface area contributed by atoms with Crippen molar-refractivity contribution in [1.82, 2.24) is 5.32 Å². The summed E-state index contributed by atoms with van der Waals surface area (Å²) in [6.07, 6.45) is 1.89. The number of rotatable bonds is 5. The Morgan fingerprint density at radius 1 is 1.13 bits per heavy atom. The Morgan fingerprint density at radius 3 is 2.26 bits per heavy atom. The molecule has 0 bridgehead atoms. The van der Waals surface area contributed by atoms with Crippen LogP contribution in [0, 0.1) is 3.57 Å². The van der Waals surface area contributed by atoms with Gasteiger partial charge in [0.25, 0.3) is 5.91 Å².